The van der Waals surface area contributed by atoms with Crippen LogP contribution in [0.3, 0.4) is 0 Å². The SMILES string of the molecule is O=C(NC(CN1CCCC1)C(O)c1ccc(OC2CC2)c(Cl)c1)/C(=N/O)c1ccc2cc(Cl)ccc2c1. The molecule has 7 nitrogen and oxygen atoms in total. The van der Waals surface area contributed by atoms with E-state index in [2.05, 4.69) is 15.4 Å². The fourth-order valence-corrected chi connectivity index (χ4v) is 5.11. The van der Waals surface area contributed by atoms with Crippen molar-refractivity contribution in [3.63, 3.8) is 0 Å². The van der Waals surface area contributed by atoms with Crippen LogP contribution < -0.4 is 10.1 Å². The molecule has 1 aliphatic heterocycles. The highest BCUT2D eigenvalue weighted by atomic mass is 35.5. The number of carbonyl (C=O) groups excluding carboxylic acids is 1. The molecule has 3 aromatic rings. The maximum atomic E-state index is 13.3. The molecule has 194 valence electrons. The zero-order valence-corrected chi connectivity index (χ0v) is 21.8. The summed E-state index contributed by atoms with van der Waals surface area (Å²) in [7, 11) is 0. The number of carbonyl (C=O) groups is 1. The minimum atomic E-state index is -1.03. The number of rotatable bonds is 9. The molecule has 9 heteroatoms. The van der Waals surface area contributed by atoms with Gasteiger partial charge in [-0.3, -0.25) is 4.79 Å². The highest BCUT2D eigenvalue weighted by Crippen LogP contribution is 2.34. The standard InChI is InChI=1S/C28H29Cl2N3O4/c29-21-7-5-17-13-19(4-3-18(17)14-21)26(32-36)28(35)31-24(16-33-11-1-2-12-33)27(34)20-6-10-25(23(30)15-20)37-22-8-9-22/h3-7,10,13-15,22,24,27,34,36H,1-2,8-9,11-12,16H2,(H,31,35)/b32-26+. The fraction of sp³-hybridized carbons (Fsp3) is 0.357. The number of hydrogen-bond donors (Lipinski definition) is 3. The molecule has 1 heterocycles. The third-order valence-electron chi connectivity index (χ3n) is 6.86. The average Bonchev–Trinajstić information content (AvgIpc) is 3.56. The second kappa shape index (κ2) is 11.3. The van der Waals surface area contributed by atoms with Gasteiger partial charge < -0.3 is 25.3 Å². The van der Waals surface area contributed by atoms with Crippen molar-refractivity contribution in [3.05, 3.63) is 75.8 Å². The molecule has 3 aromatic carbocycles. The van der Waals surface area contributed by atoms with Gasteiger partial charge in [-0.25, -0.2) is 0 Å². The normalized spacial score (nSPS) is 18.1. The second-order valence-corrected chi connectivity index (χ2v) is 10.5. The molecule has 2 fully saturated rings. The zero-order chi connectivity index (χ0) is 25.9. The monoisotopic (exact) mass is 541 g/mol. The first kappa shape index (κ1) is 25.8. The summed E-state index contributed by atoms with van der Waals surface area (Å²) in [6, 6.07) is 15.3. The average molecular weight is 542 g/mol. The predicted molar refractivity (Wildman–Crippen MR) is 145 cm³/mol. The molecular formula is C28H29Cl2N3O4. The lowest BCUT2D eigenvalue weighted by Crippen LogP contribution is -2.48. The van der Waals surface area contributed by atoms with E-state index in [4.69, 9.17) is 27.9 Å². The van der Waals surface area contributed by atoms with Gasteiger partial charge in [0.2, 0.25) is 0 Å². The topological polar surface area (TPSA) is 94.4 Å². The number of likely N-dealkylation sites (tertiary alicyclic amines) is 1. The van der Waals surface area contributed by atoms with Gasteiger partial charge >= 0.3 is 0 Å². The number of oxime groups is 1. The van der Waals surface area contributed by atoms with Crippen molar-refractivity contribution >= 4 is 45.6 Å². The molecule has 1 saturated heterocycles. The lowest BCUT2D eigenvalue weighted by atomic mass is 10.00. The minimum Gasteiger partial charge on any atom is -0.489 e. The Hall–Kier alpha value is -2.84. The number of hydrogen-bond acceptors (Lipinski definition) is 6. The van der Waals surface area contributed by atoms with E-state index in [1.807, 2.05) is 18.2 Å². The number of aliphatic hydroxyl groups excluding tert-OH is 1. The second-order valence-electron chi connectivity index (χ2n) is 9.69. The largest absolute Gasteiger partial charge is 0.489 e. The minimum absolute atomic E-state index is 0.137. The van der Waals surface area contributed by atoms with Gasteiger partial charge in [-0.15, -0.1) is 0 Å². The first-order valence-electron chi connectivity index (χ1n) is 12.5. The van der Waals surface area contributed by atoms with Crippen molar-refractivity contribution in [3.8, 4) is 5.75 Å². The van der Waals surface area contributed by atoms with E-state index < -0.39 is 18.1 Å². The molecule has 2 aliphatic rings. The Morgan fingerprint density at radius 1 is 1.05 bits per heavy atom. The Kier molecular flexibility index (Phi) is 7.86. The number of fused-ring (bicyclic) bond motifs is 1. The van der Waals surface area contributed by atoms with Crippen molar-refractivity contribution < 1.29 is 19.8 Å². The Morgan fingerprint density at radius 2 is 1.78 bits per heavy atom. The molecule has 5 rings (SSSR count). The number of nitrogens with zero attached hydrogens (tertiary/aromatic N) is 2. The molecule has 1 amide bonds. The highest BCUT2D eigenvalue weighted by molar-refractivity contribution is 6.45. The predicted octanol–water partition coefficient (Wildman–Crippen LogP) is 5.18. The summed E-state index contributed by atoms with van der Waals surface area (Å²) in [4.78, 5) is 15.5. The summed E-state index contributed by atoms with van der Waals surface area (Å²) in [5.74, 6) is 0.00591. The fourth-order valence-electron chi connectivity index (χ4n) is 4.70. The van der Waals surface area contributed by atoms with Gasteiger partial charge in [0.1, 0.15) is 11.9 Å². The first-order chi connectivity index (χ1) is 17.9. The van der Waals surface area contributed by atoms with Gasteiger partial charge in [0, 0.05) is 17.1 Å². The Morgan fingerprint density at radius 3 is 2.49 bits per heavy atom. The number of amides is 1. The molecule has 1 saturated carbocycles. The van der Waals surface area contributed by atoms with E-state index in [9.17, 15) is 15.1 Å². The van der Waals surface area contributed by atoms with Crippen molar-refractivity contribution in [2.75, 3.05) is 19.6 Å². The summed E-state index contributed by atoms with van der Waals surface area (Å²) in [5, 5.41) is 30.1. The van der Waals surface area contributed by atoms with Crippen molar-refractivity contribution in [1.29, 1.82) is 0 Å². The molecule has 1 aliphatic carbocycles. The van der Waals surface area contributed by atoms with Crippen LogP contribution in [0.4, 0.5) is 0 Å². The van der Waals surface area contributed by atoms with Crippen LogP contribution in [0.1, 0.15) is 42.9 Å². The summed E-state index contributed by atoms with van der Waals surface area (Å²) < 4.78 is 5.81. The molecule has 37 heavy (non-hydrogen) atoms. The molecule has 2 atom stereocenters. The van der Waals surface area contributed by atoms with Gasteiger partial charge in [0.05, 0.1) is 17.2 Å². The number of nitrogens with one attached hydrogen (secondary N) is 1. The van der Waals surface area contributed by atoms with Crippen molar-refractivity contribution in [1.82, 2.24) is 10.2 Å². The maximum absolute atomic E-state index is 13.3. The van der Waals surface area contributed by atoms with E-state index >= 15 is 0 Å². The summed E-state index contributed by atoms with van der Waals surface area (Å²) >= 11 is 12.5. The van der Waals surface area contributed by atoms with Crippen LogP contribution >= 0.6 is 23.2 Å². The van der Waals surface area contributed by atoms with Crippen LogP contribution in [0.2, 0.25) is 10.0 Å². The summed E-state index contributed by atoms with van der Waals surface area (Å²) in [6.45, 7) is 2.23. The maximum Gasteiger partial charge on any atom is 0.274 e. The molecule has 3 N–H and O–H groups in total. The van der Waals surface area contributed by atoms with Crippen LogP contribution in [0, 0.1) is 0 Å². The van der Waals surface area contributed by atoms with Gasteiger partial charge in [-0.05, 0) is 85.4 Å². The lowest BCUT2D eigenvalue weighted by molar-refractivity contribution is -0.116. The smallest absolute Gasteiger partial charge is 0.274 e. The lowest BCUT2D eigenvalue weighted by Gasteiger charge is -2.29. The molecule has 2 unspecified atom stereocenters. The third kappa shape index (κ3) is 6.18. The quantitative estimate of drug-likeness (QED) is 0.197. The van der Waals surface area contributed by atoms with Crippen LogP contribution in [0.5, 0.6) is 5.75 Å². The molecule has 0 spiro atoms. The van der Waals surface area contributed by atoms with E-state index in [0.29, 0.717) is 33.5 Å². The number of benzene rings is 3. The Bertz CT molecular complexity index is 1320. The van der Waals surface area contributed by atoms with E-state index in [1.54, 1.807) is 36.4 Å². The van der Waals surface area contributed by atoms with Crippen LogP contribution in [-0.2, 0) is 4.79 Å². The van der Waals surface area contributed by atoms with Gasteiger partial charge in [0.15, 0.2) is 5.71 Å². The van der Waals surface area contributed by atoms with E-state index in [-0.39, 0.29) is 11.8 Å². The van der Waals surface area contributed by atoms with Gasteiger partial charge in [-0.2, -0.15) is 0 Å². The van der Waals surface area contributed by atoms with E-state index in [1.165, 1.54) is 0 Å². The number of aliphatic hydroxyl groups is 1. The molecule has 0 aromatic heterocycles. The van der Waals surface area contributed by atoms with Gasteiger partial charge in [0.25, 0.3) is 5.91 Å². The third-order valence-corrected chi connectivity index (χ3v) is 7.39. The van der Waals surface area contributed by atoms with Crippen LogP contribution in [0.25, 0.3) is 10.8 Å². The van der Waals surface area contributed by atoms with E-state index in [0.717, 1.165) is 49.5 Å². The molecule has 0 bridgehead atoms. The Labute approximate surface area is 225 Å². The highest BCUT2D eigenvalue weighted by Gasteiger charge is 2.30. The van der Waals surface area contributed by atoms with Gasteiger partial charge in [-0.1, -0.05) is 52.6 Å². The Balaban J connectivity index is 1.37. The number of ether oxygens (including phenoxy) is 1. The number of halogens is 2. The molecular weight excluding hydrogens is 513 g/mol. The zero-order valence-electron chi connectivity index (χ0n) is 20.2. The first-order valence-corrected chi connectivity index (χ1v) is 13.3. The van der Waals surface area contributed by atoms with Crippen LogP contribution in [0.15, 0.2) is 59.8 Å². The van der Waals surface area contributed by atoms with Crippen molar-refractivity contribution in [2.45, 2.75) is 43.9 Å². The summed E-state index contributed by atoms with van der Waals surface area (Å²) in [6.07, 6.45) is 3.35. The summed E-state index contributed by atoms with van der Waals surface area (Å²) in [5.41, 5.74) is 0.887. The van der Waals surface area contributed by atoms with Crippen molar-refractivity contribution in [2.24, 2.45) is 5.16 Å². The molecule has 0 radical (unpaired) electrons. The van der Waals surface area contributed by atoms with Crippen LogP contribution in [-0.4, -0.2) is 58.6 Å².